The van der Waals surface area contributed by atoms with Crippen molar-refractivity contribution in [1.82, 2.24) is 9.80 Å². The monoisotopic (exact) mass is 330 g/mol. The van der Waals surface area contributed by atoms with E-state index in [1.165, 1.54) is 26.2 Å². The number of imide groups is 2. The van der Waals surface area contributed by atoms with Gasteiger partial charge in [-0.15, -0.1) is 5.10 Å². The molecule has 9 heteroatoms. The largest absolute Gasteiger partial charge is 0.424 e. The molecule has 0 unspecified atom stereocenters. The van der Waals surface area contributed by atoms with Crippen molar-refractivity contribution in [3.63, 3.8) is 0 Å². The van der Waals surface area contributed by atoms with Gasteiger partial charge in [-0.1, -0.05) is 6.58 Å². The third-order valence-corrected chi connectivity index (χ3v) is 3.20. The molecule has 0 N–H and O–H groups in total. The van der Waals surface area contributed by atoms with Gasteiger partial charge in [-0.3, -0.25) is 19.4 Å². The van der Waals surface area contributed by atoms with Crippen LogP contribution in [0, 0.1) is 0 Å². The average Bonchev–Trinajstić information content (AvgIpc) is 2.59. The van der Waals surface area contributed by atoms with E-state index < -0.39 is 29.5 Å². The lowest BCUT2D eigenvalue weighted by Crippen LogP contribution is -2.57. The first kappa shape index (κ1) is 17.0. The second kappa shape index (κ2) is 6.82. The molecule has 0 radical (unpaired) electrons. The Labute approximate surface area is 137 Å². The molecular weight excluding hydrogens is 316 g/mol. The van der Waals surface area contributed by atoms with Crippen LogP contribution < -0.4 is 0 Å². The predicted octanol–water partition coefficient (Wildman–Crippen LogP) is 0.407. The number of ether oxygens (including phenoxy) is 1. The Morgan fingerprint density at radius 2 is 1.79 bits per heavy atom. The Hall–Kier alpha value is -3.36. The molecule has 0 aromatic heterocycles. The van der Waals surface area contributed by atoms with Gasteiger partial charge in [-0.25, -0.2) is 9.59 Å². The lowest BCUT2D eigenvalue weighted by Gasteiger charge is -2.27. The van der Waals surface area contributed by atoms with Gasteiger partial charge < -0.3 is 4.74 Å². The lowest BCUT2D eigenvalue weighted by atomic mass is 10.1. The van der Waals surface area contributed by atoms with Gasteiger partial charge in [0.25, 0.3) is 11.8 Å². The lowest BCUT2D eigenvalue weighted by molar-refractivity contribution is -0.133. The molecule has 1 aliphatic carbocycles. The zero-order chi connectivity index (χ0) is 17.9. The van der Waals surface area contributed by atoms with Gasteiger partial charge in [0, 0.05) is 26.6 Å². The molecule has 2 rings (SSSR count). The van der Waals surface area contributed by atoms with E-state index in [4.69, 9.17) is 4.74 Å². The average molecular weight is 330 g/mol. The van der Waals surface area contributed by atoms with Gasteiger partial charge in [0.2, 0.25) is 5.71 Å². The van der Waals surface area contributed by atoms with E-state index in [1.54, 1.807) is 6.08 Å². The van der Waals surface area contributed by atoms with Gasteiger partial charge in [0.05, 0.1) is 5.71 Å². The van der Waals surface area contributed by atoms with Crippen molar-refractivity contribution in [2.75, 3.05) is 14.1 Å². The van der Waals surface area contributed by atoms with Crippen LogP contribution >= 0.6 is 0 Å². The molecule has 24 heavy (non-hydrogen) atoms. The Balaban J connectivity index is 2.14. The molecule has 0 aromatic rings. The number of esters is 1. The number of hydrogen-bond donors (Lipinski definition) is 0. The molecule has 0 bridgehead atoms. The topological polar surface area (TPSA) is 109 Å². The van der Waals surface area contributed by atoms with Gasteiger partial charge in [0.15, 0.2) is 0 Å². The minimum absolute atomic E-state index is 0.292. The number of rotatable bonds is 3. The van der Waals surface area contributed by atoms with E-state index in [9.17, 15) is 19.2 Å². The van der Waals surface area contributed by atoms with Crippen LogP contribution in [0.4, 0.5) is 4.79 Å². The maximum atomic E-state index is 11.9. The third-order valence-electron chi connectivity index (χ3n) is 3.20. The second-order valence-electron chi connectivity index (χ2n) is 4.82. The number of hydrogen-bond acceptors (Lipinski definition) is 7. The summed E-state index contributed by atoms with van der Waals surface area (Å²) in [5.74, 6) is -1.88. The SMILES string of the molecule is C=CC(=O)OC1=CCC(=NN=C2C(=O)N(C)C(=O)N(C)C2=O)C=C1. The smallest absolute Gasteiger partial charge is 0.335 e. The fourth-order valence-electron chi connectivity index (χ4n) is 1.83. The van der Waals surface area contributed by atoms with Crippen LogP contribution in [0.1, 0.15) is 6.42 Å². The van der Waals surface area contributed by atoms with Gasteiger partial charge >= 0.3 is 12.0 Å². The Kier molecular flexibility index (Phi) is 4.83. The first-order chi connectivity index (χ1) is 11.3. The highest BCUT2D eigenvalue weighted by Crippen LogP contribution is 2.12. The summed E-state index contributed by atoms with van der Waals surface area (Å²) in [6.45, 7) is 3.29. The quantitative estimate of drug-likeness (QED) is 0.423. The van der Waals surface area contributed by atoms with E-state index in [2.05, 4.69) is 16.8 Å². The van der Waals surface area contributed by atoms with Crippen molar-refractivity contribution in [3.05, 3.63) is 36.6 Å². The molecule has 1 heterocycles. The number of carbonyl (C=O) groups excluding carboxylic acids is 4. The molecule has 2 aliphatic rings. The number of amides is 4. The molecule has 124 valence electrons. The van der Waals surface area contributed by atoms with Crippen molar-refractivity contribution < 1.29 is 23.9 Å². The third kappa shape index (κ3) is 3.35. The molecule has 1 fully saturated rings. The molecule has 0 saturated carbocycles. The standard InChI is InChI=1S/C15H14N4O5/c1-4-11(20)24-10-7-5-9(6-8-10)16-17-12-13(21)18(2)15(23)19(3)14(12)22/h4-5,7-8H,1,6H2,2-3H3. The Morgan fingerprint density at radius 3 is 2.29 bits per heavy atom. The summed E-state index contributed by atoms with van der Waals surface area (Å²) < 4.78 is 4.92. The summed E-state index contributed by atoms with van der Waals surface area (Å²) >= 11 is 0. The minimum Gasteiger partial charge on any atom is -0.424 e. The zero-order valence-corrected chi connectivity index (χ0v) is 13.1. The molecule has 0 atom stereocenters. The minimum atomic E-state index is -0.816. The molecule has 0 aromatic carbocycles. The van der Waals surface area contributed by atoms with Gasteiger partial charge in [-0.2, -0.15) is 5.10 Å². The highest BCUT2D eigenvalue weighted by molar-refractivity contribution is 6.68. The summed E-state index contributed by atoms with van der Waals surface area (Å²) in [4.78, 5) is 48.1. The molecule has 4 amide bonds. The van der Waals surface area contributed by atoms with Crippen molar-refractivity contribution in [2.45, 2.75) is 6.42 Å². The first-order valence-electron chi connectivity index (χ1n) is 6.82. The van der Waals surface area contributed by atoms with E-state index >= 15 is 0 Å². The number of nitrogens with zero attached hydrogens (tertiary/aromatic N) is 4. The van der Waals surface area contributed by atoms with Crippen LogP contribution in [0.3, 0.4) is 0 Å². The van der Waals surface area contributed by atoms with Crippen molar-refractivity contribution in [1.29, 1.82) is 0 Å². The van der Waals surface area contributed by atoms with E-state index in [1.807, 2.05) is 0 Å². The van der Waals surface area contributed by atoms with Gasteiger partial charge in [0.1, 0.15) is 5.76 Å². The van der Waals surface area contributed by atoms with Crippen LogP contribution in [0.25, 0.3) is 0 Å². The molecule has 1 saturated heterocycles. The highest BCUT2D eigenvalue weighted by atomic mass is 16.5. The zero-order valence-electron chi connectivity index (χ0n) is 13.1. The number of allylic oxidation sites excluding steroid dienone is 3. The second-order valence-corrected chi connectivity index (χ2v) is 4.82. The van der Waals surface area contributed by atoms with Crippen molar-refractivity contribution in [3.8, 4) is 0 Å². The number of carbonyl (C=O) groups is 4. The van der Waals surface area contributed by atoms with Crippen molar-refractivity contribution in [2.24, 2.45) is 10.2 Å². The molecule has 0 spiro atoms. The van der Waals surface area contributed by atoms with Crippen LogP contribution in [0.2, 0.25) is 0 Å². The van der Waals surface area contributed by atoms with Crippen LogP contribution in [-0.2, 0) is 19.1 Å². The summed E-state index contributed by atoms with van der Waals surface area (Å²) in [5.41, 5.74) is -0.00271. The number of urea groups is 1. The van der Waals surface area contributed by atoms with Crippen LogP contribution in [-0.4, -0.2) is 59.1 Å². The summed E-state index contributed by atoms with van der Waals surface area (Å²) in [6, 6.07) is -0.731. The Morgan fingerprint density at radius 1 is 1.17 bits per heavy atom. The summed E-state index contributed by atoms with van der Waals surface area (Å²) in [7, 11) is 2.50. The normalized spacial score (nSPS) is 19.6. The maximum absolute atomic E-state index is 11.9. The summed E-state index contributed by atoms with van der Waals surface area (Å²) in [5, 5.41) is 7.51. The van der Waals surface area contributed by atoms with E-state index in [0.717, 1.165) is 15.9 Å². The van der Waals surface area contributed by atoms with E-state index in [0.29, 0.717) is 17.9 Å². The maximum Gasteiger partial charge on any atom is 0.335 e. The number of barbiturate groups is 1. The van der Waals surface area contributed by atoms with Crippen molar-refractivity contribution >= 4 is 35.2 Å². The highest BCUT2D eigenvalue weighted by Gasteiger charge is 2.39. The predicted molar refractivity (Wildman–Crippen MR) is 83.9 cm³/mol. The Bertz CT molecular complexity index is 734. The van der Waals surface area contributed by atoms with Crippen LogP contribution in [0.15, 0.2) is 46.8 Å². The molecule has 9 nitrogen and oxygen atoms in total. The molecule has 1 aliphatic heterocycles. The van der Waals surface area contributed by atoms with Gasteiger partial charge in [-0.05, 0) is 18.2 Å². The molecular formula is C15H14N4O5. The van der Waals surface area contributed by atoms with E-state index in [-0.39, 0.29) is 0 Å². The first-order valence-corrected chi connectivity index (χ1v) is 6.82. The fourth-order valence-corrected chi connectivity index (χ4v) is 1.83. The fraction of sp³-hybridized carbons (Fsp3) is 0.200. The van der Waals surface area contributed by atoms with Crippen LogP contribution in [0.5, 0.6) is 0 Å². The summed E-state index contributed by atoms with van der Waals surface area (Å²) in [6.07, 6.45) is 5.95.